The largest absolute Gasteiger partial charge is 0.299 e. The van der Waals surface area contributed by atoms with E-state index in [2.05, 4.69) is 15.4 Å². The van der Waals surface area contributed by atoms with Crippen LogP contribution in [0, 0.1) is 5.41 Å². The van der Waals surface area contributed by atoms with E-state index < -0.39 is 0 Å². The maximum absolute atomic E-state index is 11.8. The first kappa shape index (κ1) is 12.8. The highest BCUT2D eigenvalue weighted by molar-refractivity contribution is 5.85. The Morgan fingerprint density at radius 3 is 2.12 bits per heavy atom. The van der Waals surface area contributed by atoms with E-state index in [1.54, 1.807) is 0 Å². The summed E-state index contributed by atoms with van der Waals surface area (Å²) in [6.07, 6.45) is 0.250. The molecule has 0 unspecified atom stereocenters. The number of tetrazole rings is 1. The molecule has 0 amide bonds. The maximum Gasteiger partial charge on any atom is 0.182 e. The topological polar surface area (TPSA) is 60.7 Å². The second-order valence-corrected chi connectivity index (χ2v) is 6.02. The lowest BCUT2D eigenvalue weighted by Gasteiger charge is -2.16. The maximum atomic E-state index is 11.8. The molecule has 0 aromatic carbocycles. The van der Waals surface area contributed by atoms with E-state index in [9.17, 15) is 4.79 Å². The van der Waals surface area contributed by atoms with E-state index in [1.165, 1.54) is 4.80 Å². The number of rotatable bonds is 2. The minimum absolute atomic E-state index is 0.126. The fourth-order valence-electron chi connectivity index (χ4n) is 1.01. The molecule has 0 aliphatic rings. The lowest BCUT2D eigenvalue weighted by Crippen LogP contribution is -2.25. The van der Waals surface area contributed by atoms with Gasteiger partial charge in [0.15, 0.2) is 5.82 Å². The second-order valence-electron chi connectivity index (χ2n) is 6.02. The van der Waals surface area contributed by atoms with Crippen LogP contribution in [-0.4, -0.2) is 26.0 Å². The first-order valence-corrected chi connectivity index (χ1v) is 5.43. The van der Waals surface area contributed by atoms with Crippen LogP contribution < -0.4 is 0 Å². The molecule has 0 aliphatic heterocycles. The molecule has 0 fully saturated rings. The van der Waals surface area contributed by atoms with Gasteiger partial charge in [0.05, 0.1) is 12.0 Å². The SMILES string of the molecule is CC(C)(C)C(=O)Cc1nnn(C(C)(C)C)n1. The molecule has 5 heteroatoms. The quantitative estimate of drug-likeness (QED) is 0.765. The molecule has 5 nitrogen and oxygen atoms in total. The summed E-state index contributed by atoms with van der Waals surface area (Å²) in [6.45, 7) is 11.6. The number of hydrogen-bond donors (Lipinski definition) is 0. The number of carbonyl (C=O) groups is 1. The predicted octanol–water partition coefficient (Wildman–Crippen LogP) is 1.59. The van der Waals surface area contributed by atoms with E-state index in [4.69, 9.17) is 0 Å². The van der Waals surface area contributed by atoms with Crippen LogP contribution in [-0.2, 0) is 16.8 Å². The summed E-state index contributed by atoms with van der Waals surface area (Å²) in [5, 5.41) is 12.1. The van der Waals surface area contributed by atoms with Crippen molar-refractivity contribution in [3.8, 4) is 0 Å². The van der Waals surface area contributed by atoms with Gasteiger partial charge in [0, 0.05) is 5.41 Å². The molecular weight excluding hydrogens is 204 g/mol. The molecule has 1 aromatic rings. The molecule has 0 spiro atoms. The Balaban J connectivity index is 2.78. The van der Waals surface area contributed by atoms with Crippen molar-refractivity contribution in [1.29, 1.82) is 0 Å². The minimum atomic E-state index is -0.354. The van der Waals surface area contributed by atoms with Gasteiger partial charge in [0.1, 0.15) is 5.78 Å². The number of carbonyl (C=O) groups excluding carboxylic acids is 1. The van der Waals surface area contributed by atoms with Gasteiger partial charge in [-0.25, -0.2) is 0 Å². The third-order valence-electron chi connectivity index (χ3n) is 2.21. The molecule has 1 aromatic heterocycles. The molecule has 90 valence electrons. The second kappa shape index (κ2) is 3.96. The zero-order chi connectivity index (χ0) is 12.6. The van der Waals surface area contributed by atoms with Crippen molar-refractivity contribution in [2.45, 2.75) is 53.5 Å². The van der Waals surface area contributed by atoms with Crippen molar-refractivity contribution < 1.29 is 4.79 Å². The Labute approximate surface area is 96.2 Å². The minimum Gasteiger partial charge on any atom is -0.299 e. The van der Waals surface area contributed by atoms with Gasteiger partial charge in [-0.05, 0) is 26.0 Å². The van der Waals surface area contributed by atoms with Gasteiger partial charge >= 0.3 is 0 Å². The highest BCUT2D eigenvalue weighted by atomic mass is 16.1. The molecule has 16 heavy (non-hydrogen) atoms. The normalized spacial score (nSPS) is 12.9. The Bertz CT molecular complexity index is 381. The van der Waals surface area contributed by atoms with Crippen LogP contribution in [0.5, 0.6) is 0 Å². The first-order valence-electron chi connectivity index (χ1n) is 5.43. The van der Waals surface area contributed by atoms with E-state index in [-0.39, 0.29) is 23.2 Å². The lowest BCUT2D eigenvalue weighted by molar-refractivity contribution is -0.125. The summed E-state index contributed by atoms with van der Waals surface area (Å²) < 4.78 is 0. The Kier molecular flexibility index (Phi) is 3.17. The third-order valence-corrected chi connectivity index (χ3v) is 2.21. The average molecular weight is 224 g/mol. The molecule has 1 rings (SSSR count). The van der Waals surface area contributed by atoms with E-state index in [0.717, 1.165) is 0 Å². The Hall–Kier alpha value is -1.26. The summed E-state index contributed by atoms with van der Waals surface area (Å²) in [6, 6.07) is 0. The zero-order valence-electron chi connectivity index (χ0n) is 10.9. The van der Waals surface area contributed by atoms with Gasteiger partial charge in [-0.15, -0.1) is 10.2 Å². The smallest absolute Gasteiger partial charge is 0.182 e. The standard InChI is InChI=1S/C11H20N4O/c1-10(2,3)8(16)7-9-12-14-15(13-9)11(4,5)6/h7H2,1-6H3. The van der Waals surface area contributed by atoms with Crippen LogP contribution in [0.3, 0.4) is 0 Å². The predicted molar refractivity (Wildman–Crippen MR) is 61.0 cm³/mol. The fourth-order valence-corrected chi connectivity index (χ4v) is 1.01. The highest BCUT2D eigenvalue weighted by Crippen LogP contribution is 2.17. The summed E-state index contributed by atoms with van der Waals surface area (Å²) >= 11 is 0. The van der Waals surface area contributed by atoms with Gasteiger partial charge < -0.3 is 0 Å². The summed E-state index contributed by atoms with van der Waals surface area (Å²) in [7, 11) is 0. The van der Waals surface area contributed by atoms with Crippen molar-refractivity contribution in [3.05, 3.63) is 5.82 Å². The average Bonchev–Trinajstić information content (AvgIpc) is 2.49. The fraction of sp³-hybridized carbons (Fsp3) is 0.818. The van der Waals surface area contributed by atoms with E-state index >= 15 is 0 Å². The molecule has 0 atom stereocenters. The molecule has 0 radical (unpaired) electrons. The monoisotopic (exact) mass is 224 g/mol. The van der Waals surface area contributed by atoms with Crippen LogP contribution in [0.1, 0.15) is 47.4 Å². The van der Waals surface area contributed by atoms with Crippen LogP contribution in [0.15, 0.2) is 0 Å². The van der Waals surface area contributed by atoms with Crippen LogP contribution in [0.2, 0.25) is 0 Å². The van der Waals surface area contributed by atoms with Gasteiger partial charge in [-0.2, -0.15) is 4.80 Å². The first-order chi connectivity index (χ1) is 7.10. The Morgan fingerprint density at radius 1 is 1.19 bits per heavy atom. The van der Waals surface area contributed by atoms with Gasteiger partial charge in [0.25, 0.3) is 0 Å². The van der Waals surface area contributed by atoms with Crippen molar-refractivity contribution >= 4 is 5.78 Å². The molecule has 0 saturated carbocycles. The van der Waals surface area contributed by atoms with Crippen molar-refractivity contribution in [3.63, 3.8) is 0 Å². The number of nitrogens with zero attached hydrogens (tertiary/aromatic N) is 4. The van der Waals surface area contributed by atoms with Crippen LogP contribution in [0.4, 0.5) is 0 Å². The van der Waals surface area contributed by atoms with Crippen LogP contribution in [0.25, 0.3) is 0 Å². The van der Waals surface area contributed by atoms with Gasteiger partial charge in [-0.1, -0.05) is 20.8 Å². The number of hydrogen-bond acceptors (Lipinski definition) is 4. The molecule has 0 saturated heterocycles. The lowest BCUT2D eigenvalue weighted by atomic mass is 9.89. The van der Waals surface area contributed by atoms with Crippen molar-refractivity contribution in [1.82, 2.24) is 20.2 Å². The van der Waals surface area contributed by atoms with Gasteiger partial charge in [-0.3, -0.25) is 4.79 Å². The van der Waals surface area contributed by atoms with Crippen molar-refractivity contribution in [2.24, 2.45) is 5.41 Å². The third kappa shape index (κ3) is 3.12. The van der Waals surface area contributed by atoms with Crippen LogP contribution >= 0.6 is 0 Å². The number of aromatic nitrogens is 4. The summed E-state index contributed by atoms with van der Waals surface area (Å²) in [4.78, 5) is 13.3. The molecule has 0 aliphatic carbocycles. The van der Waals surface area contributed by atoms with E-state index in [1.807, 2.05) is 41.5 Å². The Morgan fingerprint density at radius 2 is 1.75 bits per heavy atom. The summed E-state index contributed by atoms with van der Waals surface area (Å²) in [5.41, 5.74) is -0.552. The zero-order valence-corrected chi connectivity index (χ0v) is 10.9. The molecule has 1 heterocycles. The van der Waals surface area contributed by atoms with Gasteiger partial charge in [0.2, 0.25) is 0 Å². The molecular formula is C11H20N4O. The molecule has 0 bridgehead atoms. The summed E-state index contributed by atoms with van der Waals surface area (Å²) in [5.74, 6) is 0.621. The van der Waals surface area contributed by atoms with E-state index in [0.29, 0.717) is 5.82 Å². The number of ketones is 1. The molecule has 0 N–H and O–H groups in total. The number of Topliss-reactive ketones (excluding diaryl/α,β-unsaturated/α-hetero) is 1. The van der Waals surface area contributed by atoms with Crippen molar-refractivity contribution in [2.75, 3.05) is 0 Å². The highest BCUT2D eigenvalue weighted by Gasteiger charge is 2.24.